The molecule has 1 aliphatic heterocycles. The van der Waals surface area contributed by atoms with Crippen LogP contribution in [0.25, 0.3) is 0 Å². The molecule has 3 rings (SSSR count). The normalized spacial score (nSPS) is 15.0. The zero-order chi connectivity index (χ0) is 15.7. The van der Waals surface area contributed by atoms with Gasteiger partial charge in [0.05, 0.1) is 4.91 Å². The van der Waals surface area contributed by atoms with Gasteiger partial charge in [0.1, 0.15) is 0 Å². The summed E-state index contributed by atoms with van der Waals surface area (Å²) in [6.07, 6.45) is 1.60. The second kappa shape index (κ2) is 5.99. The molecule has 0 aromatic heterocycles. The number of thioether (sulfide) groups is 1. The number of halogens is 1. The van der Waals surface area contributed by atoms with E-state index in [1.165, 1.54) is 23.6 Å². The number of anilines is 1. The fourth-order valence-electron chi connectivity index (χ4n) is 2.19. The molecule has 3 nitrogen and oxygen atoms in total. The maximum Gasteiger partial charge on any atom is 0.227 e. The van der Waals surface area contributed by atoms with Gasteiger partial charge in [-0.1, -0.05) is 35.5 Å². The average molecular weight is 330 g/mol. The van der Waals surface area contributed by atoms with E-state index in [9.17, 15) is 9.59 Å². The number of amides is 1. The van der Waals surface area contributed by atoms with E-state index in [2.05, 4.69) is 0 Å². The van der Waals surface area contributed by atoms with Gasteiger partial charge in [-0.15, -0.1) is 0 Å². The number of ketones is 1. The lowest BCUT2D eigenvalue weighted by Gasteiger charge is -2.17. The lowest BCUT2D eigenvalue weighted by atomic mass is 10.1. The third kappa shape index (κ3) is 2.80. The third-order valence-electron chi connectivity index (χ3n) is 3.27. The van der Waals surface area contributed by atoms with Crippen molar-refractivity contribution in [3.8, 4) is 0 Å². The minimum absolute atomic E-state index is 0.0548. The third-order valence-corrected chi connectivity index (χ3v) is 4.60. The summed E-state index contributed by atoms with van der Waals surface area (Å²) in [7, 11) is 0. The average Bonchev–Trinajstić information content (AvgIpc) is 2.82. The quantitative estimate of drug-likeness (QED) is 0.760. The molecule has 0 N–H and O–H groups in total. The second-order valence-electron chi connectivity index (χ2n) is 4.79. The molecule has 22 heavy (non-hydrogen) atoms. The molecule has 0 spiro atoms. The number of Topliss-reactive ketones (excluding diaryl/α,β-unsaturated/α-hetero) is 1. The Bertz CT molecular complexity index is 784. The molecular formula is C17H12ClNO2S. The molecule has 110 valence electrons. The van der Waals surface area contributed by atoms with E-state index >= 15 is 0 Å². The van der Waals surface area contributed by atoms with Crippen LogP contribution in [-0.2, 0) is 4.79 Å². The van der Waals surface area contributed by atoms with Crippen LogP contribution in [0.1, 0.15) is 17.3 Å². The minimum atomic E-state index is -0.167. The fraction of sp³-hybridized carbons (Fsp3) is 0.0588. The second-order valence-corrected chi connectivity index (χ2v) is 6.31. The van der Waals surface area contributed by atoms with Gasteiger partial charge in [0, 0.05) is 34.3 Å². The van der Waals surface area contributed by atoms with E-state index in [0.29, 0.717) is 21.2 Å². The number of allylic oxidation sites excluding steroid dienone is 1. The molecule has 0 saturated carbocycles. The van der Waals surface area contributed by atoms with Crippen molar-refractivity contribution in [2.24, 2.45) is 0 Å². The van der Waals surface area contributed by atoms with Crippen molar-refractivity contribution in [3.05, 3.63) is 70.2 Å². The molecule has 0 fully saturated rings. The number of hydrogen-bond acceptors (Lipinski definition) is 3. The smallest absolute Gasteiger partial charge is 0.227 e. The molecule has 5 heteroatoms. The van der Waals surface area contributed by atoms with Gasteiger partial charge in [-0.2, -0.15) is 0 Å². The summed E-state index contributed by atoms with van der Waals surface area (Å²) in [4.78, 5) is 27.2. The molecule has 1 amide bonds. The summed E-state index contributed by atoms with van der Waals surface area (Å²) in [5.41, 5.74) is 1.35. The monoisotopic (exact) mass is 329 g/mol. The highest BCUT2D eigenvalue weighted by atomic mass is 35.5. The first kappa shape index (κ1) is 14.9. The molecule has 2 aromatic rings. The Hall–Kier alpha value is -2.04. The van der Waals surface area contributed by atoms with Crippen molar-refractivity contribution in [3.63, 3.8) is 0 Å². The summed E-state index contributed by atoms with van der Waals surface area (Å²) < 4.78 is 0. The van der Waals surface area contributed by atoms with Crippen LogP contribution in [0.5, 0.6) is 0 Å². The van der Waals surface area contributed by atoms with Crippen molar-refractivity contribution in [2.45, 2.75) is 11.8 Å². The van der Waals surface area contributed by atoms with Gasteiger partial charge in [-0.05, 0) is 36.4 Å². The zero-order valence-corrected chi connectivity index (χ0v) is 13.3. The molecule has 0 unspecified atom stereocenters. The summed E-state index contributed by atoms with van der Waals surface area (Å²) in [6.45, 7) is 1.46. The Labute approximate surface area is 137 Å². The summed E-state index contributed by atoms with van der Waals surface area (Å²) in [5, 5.41) is 0.596. The van der Waals surface area contributed by atoms with Crippen LogP contribution in [0.3, 0.4) is 0 Å². The van der Waals surface area contributed by atoms with Crippen LogP contribution in [0.2, 0.25) is 5.02 Å². The number of carbonyl (C=O) groups is 2. The number of nitrogens with zero attached hydrogens (tertiary/aromatic N) is 1. The van der Waals surface area contributed by atoms with E-state index in [-0.39, 0.29) is 11.7 Å². The number of hydrogen-bond donors (Lipinski definition) is 0. The molecule has 0 radical (unpaired) electrons. The first-order valence-corrected chi connectivity index (χ1v) is 7.84. The number of carbonyl (C=O) groups excluding carboxylic acids is 2. The Morgan fingerprint density at radius 2 is 1.82 bits per heavy atom. The van der Waals surface area contributed by atoms with Crippen LogP contribution < -0.4 is 4.90 Å². The van der Waals surface area contributed by atoms with Crippen molar-refractivity contribution in [1.29, 1.82) is 0 Å². The van der Waals surface area contributed by atoms with Crippen LogP contribution in [0.4, 0.5) is 5.69 Å². The standard InChI is InChI=1S/C17H12ClNO2S/c1-11(20)19(13-8-6-12(18)7-9-13)10-16-17(21)14-4-2-3-5-15(14)22-16/h2-10H,1H3/b16-10-. The molecular weight excluding hydrogens is 318 g/mol. The van der Waals surface area contributed by atoms with Gasteiger partial charge >= 0.3 is 0 Å². The number of fused-ring (bicyclic) bond motifs is 1. The fourth-order valence-corrected chi connectivity index (χ4v) is 3.33. The molecule has 0 aliphatic carbocycles. The first-order valence-electron chi connectivity index (χ1n) is 6.65. The van der Waals surface area contributed by atoms with E-state index in [4.69, 9.17) is 11.6 Å². The number of rotatable bonds is 2. The molecule has 2 aromatic carbocycles. The summed E-state index contributed by atoms with van der Waals surface area (Å²) in [5.74, 6) is -0.222. The van der Waals surface area contributed by atoms with Gasteiger partial charge in [-0.25, -0.2) is 0 Å². The lowest BCUT2D eigenvalue weighted by Crippen LogP contribution is -2.22. The summed E-state index contributed by atoms with van der Waals surface area (Å²) >= 11 is 7.25. The highest BCUT2D eigenvalue weighted by Crippen LogP contribution is 2.40. The SMILES string of the molecule is CC(=O)N(/C=C1\Sc2ccccc2C1=O)c1ccc(Cl)cc1. The van der Waals surface area contributed by atoms with Crippen molar-refractivity contribution < 1.29 is 9.59 Å². The Morgan fingerprint density at radius 1 is 1.14 bits per heavy atom. The Kier molecular flexibility index (Phi) is 4.05. The number of benzene rings is 2. The maximum absolute atomic E-state index is 12.4. The highest BCUT2D eigenvalue weighted by Gasteiger charge is 2.26. The van der Waals surface area contributed by atoms with Crippen LogP contribution in [0.15, 0.2) is 64.5 Å². The minimum Gasteiger partial charge on any atom is -0.288 e. The largest absolute Gasteiger partial charge is 0.288 e. The van der Waals surface area contributed by atoms with E-state index in [1.807, 2.05) is 18.2 Å². The van der Waals surface area contributed by atoms with Gasteiger partial charge in [0.15, 0.2) is 0 Å². The topological polar surface area (TPSA) is 37.4 Å². The van der Waals surface area contributed by atoms with E-state index in [0.717, 1.165) is 4.90 Å². The van der Waals surface area contributed by atoms with E-state index < -0.39 is 0 Å². The molecule has 0 atom stereocenters. The highest BCUT2D eigenvalue weighted by molar-refractivity contribution is 8.04. The van der Waals surface area contributed by atoms with Gasteiger partial charge in [-0.3, -0.25) is 14.5 Å². The Balaban J connectivity index is 1.97. The Morgan fingerprint density at radius 3 is 2.45 bits per heavy atom. The van der Waals surface area contributed by atoms with Gasteiger partial charge in [0.2, 0.25) is 11.7 Å². The van der Waals surface area contributed by atoms with Gasteiger partial charge < -0.3 is 0 Å². The molecule has 0 bridgehead atoms. The van der Waals surface area contributed by atoms with Crippen molar-refractivity contribution >= 4 is 40.7 Å². The van der Waals surface area contributed by atoms with E-state index in [1.54, 1.807) is 36.5 Å². The predicted octanol–water partition coefficient (Wildman–Crippen LogP) is 4.52. The summed E-state index contributed by atoms with van der Waals surface area (Å²) in [6, 6.07) is 14.3. The maximum atomic E-state index is 12.4. The molecule has 0 saturated heterocycles. The first-order chi connectivity index (χ1) is 10.6. The van der Waals surface area contributed by atoms with Crippen LogP contribution >= 0.6 is 23.4 Å². The molecule has 1 aliphatic rings. The lowest BCUT2D eigenvalue weighted by molar-refractivity contribution is -0.116. The molecule has 1 heterocycles. The van der Waals surface area contributed by atoms with Crippen molar-refractivity contribution in [2.75, 3.05) is 4.90 Å². The predicted molar refractivity (Wildman–Crippen MR) is 89.3 cm³/mol. The van der Waals surface area contributed by atoms with Gasteiger partial charge in [0.25, 0.3) is 0 Å². The van der Waals surface area contributed by atoms with Crippen LogP contribution in [0, 0.1) is 0 Å². The van der Waals surface area contributed by atoms with Crippen LogP contribution in [-0.4, -0.2) is 11.7 Å². The van der Waals surface area contributed by atoms with Crippen molar-refractivity contribution in [1.82, 2.24) is 0 Å². The zero-order valence-electron chi connectivity index (χ0n) is 11.7.